The van der Waals surface area contributed by atoms with Crippen molar-refractivity contribution in [1.29, 1.82) is 0 Å². The molecular formula is C20H23F3N4O2. The van der Waals surface area contributed by atoms with Gasteiger partial charge in [0.15, 0.2) is 0 Å². The number of carbonyl (C=O) groups excluding carboxylic acids is 1. The summed E-state index contributed by atoms with van der Waals surface area (Å²) in [7, 11) is 0. The number of aliphatic hydroxyl groups is 1. The molecule has 0 bridgehead atoms. The lowest BCUT2D eigenvalue weighted by Crippen LogP contribution is -2.34. The molecule has 0 heterocycles. The van der Waals surface area contributed by atoms with Crippen LogP contribution in [0.4, 0.5) is 24.5 Å². The van der Waals surface area contributed by atoms with E-state index in [1.54, 1.807) is 48.2 Å². The van der Waals surface area contributed by atoms with Crippen molar-refractivity contribution in [3.8, 4) is 0 Å². The molecule has 2 aromatic carbocycles. The van der Waals surface area contributed by atoms with Gasteiger partial charge in [-0.3, -0.25) is 9.79 Å². The molecule has 0 aliphatic rings. The van der Waals surface area contributed by atoms with E-state index in [9.17, 15) is 23.1 Å². The predicted molar refractivity (Wildman–Crippen MR) is 106 cm³/mol. The molecule has 156 valence electrons. The highest BCUT2D eigenvalue weighted by Crippen LogP contribution is 2.19. The van der Waals surface area contributed by atoms with Gasteiger partial charge in [0.05, 0.1) is 5.69 Å². The number of benzene rings is 2. The monoisotopic (exact) mass is 408 g/mol. The fourth-order valence-corrected chi connectivity index (χ4v) is 2.60. The largest absolute Gasteiger partial charge is 0.426 e. The number of alkyl halides is 3. The summed E-state index contributed by atoms with van der Waals surface area (Å²) in [5.74, 6) is -0.224. The number of aliphatic hydroxyl groups excluding tert-OH is 1. The Hall–Kier alpha value is -2.91. The number of carbonyl (C=O) groups is 1. The minimum atomic E-state index is -4.47. The fourth-order valence-electron chi connectivity index (χ4n) is 2.60. The second-order valence-corrected chi connectivity index (χ2v) is 6.38. The summed E-state index contributed by atoms with van der Waals surface area (Å²) in [5, 5.41) is 12.2. The Bertz CT molecular complexity index is 819. The molecule has 0 spiro atoms. The zero-order valence-electron chi connectivity index (χ0n) is 15.9. The van der Waals surface area contributed by atoms with Gasteiger partial charge in [0.25, 0.3) is 5.91 Å². The molecule has 0 aliphatic heterocycles. The molecule has 1 unspecified atom stereocenters. The van der Waals surface area contributed by atoms with Crippen LogP contribution in [0.15, 0.2) is 53.5 Å². The molecule has 0 saturated carbocycles. The number of nitrogens with one attached hydrogen (secondary N) is 1. The highest BCUT2D eigenvalue weighted by atomic mass is 19.4. The van der Waals surface area contributed by atoms with Crippen LogP contribution >= 0.6 is 0 Å². The average molecular weight is 408 g/mol. The lowest BCUT2D eigenvalue weighted by molar-refractivity contribution is -0.0535. The van der Waals surface area contributed by atoms with Crippen molar-refractivity contribution in [1.82, 2.24) is 4.90 Å². The van der Waals surface area contributed by atoms with Gasteiger partial charge in [0.2, 0.25) is 0 Å². The first-order valence-electron chi connectivity index (χ1n) is 8.93. The van der Waals surface area contributed by atoms with Crippen LogP contribution in [0.3, 0.4) is 0 Å². The van der Waals surface area contributed by atoms with Gasteiger partial charge >= 0.3 is 6.18 Å². The van der Waals surface area contributed by atoms with Crippen molar-refractivity contribution in [3.63, 3.8) is 0 Å². The van der Waals surface area contributed by atoms with Crippen LogP contribution in [0.2, 0.25) is 0 Å². The maximum atomic E-state index is 12.8. The number of nitrogens with two attached hydrogens (primary N) is 1. The molecule has 0 saturated heterocycles. The van der Waals surface area contributed by atoms with Gasteiger partial charge in [-0.05, 0) is 48.9 Å². The average Bonchev–Trinajstić information content (AvgIpc) is 2.66. The Morgan fingerprint density at radius 1 is 1.21 bits per heavy atom. The van der Waals surface area contributed by atoms with Gasteiger partial charge in [-0.25, -0.2) is 0 Å². The van der Waals surface area contributed by atoms with E-state index in [0.29, 0.717) is 17.8 Å². The van der Waals surface area contributed by atoms with Crippen LogP contribution in [0, 0.1) is 0 Å². The number of aliphatic imine (C=N–C) groups is 1. The van der Waals surface area contributed by atoms with Crippen LogP contribution in [0.25, 0.3) is 0 Å². The van der Waals surface area contributed by atoms with Gasteiger partial charge < -0.3 is 21.1 Å². The first-order chi connectivity index (χ1) is 13.7. The Balaban J connectivity index is 2.09. The fraction of sp³-hybridized carbons (Fsp3) is 0.300. The van der Waals surface area contributed by atoms with Gasteiger partial charge in [0, 0.05) is 30.9 Å². The predicted octanol–water partition coefficient (Wildman–Crippen LogP) is 3.30. The molecule has 1 atom stereocenters. The second-order valence-electron chi connectivity index (χ2n) is 6.38. The smallest absolute Gasteiger partial charge is 0.374 e. The third kappa shape index (κ3) is 7.55. The highest BCUT2D eigenvalue weighted by Gasteiger charge is 2.23. The molecular weight excluding hydrogens is 385 g/mol. The van der Waals surface area contributed by atoms with Crippen molar-refractivity contribution in [2.24, 2.45) is 10.7 Å². The minimum Gasteiger partial charge on any atom is -0.374 e. The summed E-state index contributed by atoms with van der Waals surface area (Å²) in [6.07, 6.45) is -5.25. The number of halogens is 3. The molecule has 0 aliphatic carbocycles. The molecule has 2 rings (SSSR count). The van der Waals surface area contributed by atoms with Gasteiger partial charge in [-0.2, -0.15) is 13.2 Å². The molecule has 1 amide bonds. The molecule has 6 nitrogen and oxygen atoms in total. The number of nitrogens with zero attached hydrogens (tertiary/aromatic N) is 2. The van der Waals surface area contributed by atoms with E-state index in [0.717, 1.165) is 5.56 Å². The quantitative estimate of drug-likeness (QED) is 0.462. The summed E-state index contributed by atoms with van der Waals surface area (Å²) in [6.45, 7) is 2.43. The Morgan fingerprint density at radius 3 is 2.34 bits per heavy atom. The molecule has 29 heavy (non-hydrogen) atoms. The summed E-state index contributed by atoms with van der Waals surface area (Å²) >= 11 is 0. The van der Waals surface area contributed by atoms with Gasteiger partial charge in [-0.1, -0.05) is 12.1 Å². The number of rotatable bonds is 8. The van der Waals surface area contributed by atoms with Crippen LogP contribution in [0.5, 0.6) is 0 Å². The Labute approximate surface area is 166 Å². The first kappa shape index (κ1) is 22.4. The van der Waals surface area contributed by atoms with Gasteiger partial charge in [0.1, 0.15) is 12.4 Å². The van der Waals surface area contributed by atoms with Crippen molar-refractivity contribution in [3.05, 3.63) is 59.7 Å². The van der Waals surface area contributed by atoms with E-state index in [1.165, 1.54) is 12.1 Å². The van der Waals surface area contributed by atoms with Crippen LogP contribution in [-0.2, 0) is 6.54 Å². The normalized spacial score (nSPS) is 12.8. The van der Waals surface area contributed by atoms with Crippen molar-refractivity contribution in [2.45, 2.75) is 25.9 Å². The zero-order chi connectivity index (χ0) is 21.4. The number of hydrogen-bond donors (Lipinski definition) is 3. The maximum absolute atomic E-state index is 12.8. The topological polar surface area (TPSA) is 91.0 Å². The molecule has 9 heteroatoms. The lowest BCUT2D eigenvalue weighted by Gasteiger charge is -2.22. The third-order valence-corrected chi connectivity index (χ3v) is 3.86. The van der Waals surface area contributed by atoms with Crippen LogP contribution in [0.1, 0.15) is 22.8 Å². The first-order valence-corrected chi connectivity index (χ1v) is 8.93. The maximum Gasteiger partial charge on any atom is 0.426 e. The van der Waals surface area contributed by atoms with E-state index in [2.05, 4.69) is 10.3 Å². The van der Waals surface area contributed by atoms with Crippen molar-refractivity contribution < 1.29 is 23.1 Å². The Morgan fingerprint density at radius 2 is 1.83 bits per heavy atom. The van der Waals surface area contributed by atoms with E-state index >= 15 is 0 Å². The van der Waals surface area contributed by atoms with Crippen molar-refractivity contribution >= 4 is 23.5 Å². The third-order valence-electron chi connectivity index (χ3n) is 3.86. The minimum absolute atomic E-state index is 0.0671. The highest BCUT2D eigenvalue weighted by molar-refractivity contribution is 5.94. The Kier molecular flexibility index (Phi) is 7.74. The van der Waals surface area contributed by atoms with Gasteiger partial charge in [-0.15, -0.1) is 0 Å². The number of anilines is 1. The van der Waals surface area contributed by atoms with Crippen molar-refractivity contribution in [2.75, 3.05) is 18.4 Å². The molecule has 4 N–H and O–H groups in total. The lowest BCUT2D eigenvalue weighted by atomic mass is 10.1. The molecule has 0 fully saturated rings. The molecule has 0 aromatic heterocycles. The van der Waals surface area contributed by atoms with E-state index < -0.39 is 12.4 Å². The number of hydrogen-bond acceptors (Lipinski definition) is 5. The number of amides is 1. The summed E-state index contributed by atoms with van der Waals surface area (Å²) in [4.78, 5) is 17.7. The van der Waals surface area contributed by atoms with Crippen LogP contribution < -0.4 is 11.1 Å². The summed E-state index contributed by atoms with van der Waals surface area (Å²) in [6, 6.07) is 12.8. The molecule has 2 aromatic rings. The SMILES string of the molecule is CC(O)Nc1ccc(C(=O)N(CCN)Cc2ccc(N=CC(F)(F)F)cc2)cc1. The zero-order valence-corrected chi connectivity index (χ0v) is 15.9. The van der Waals surface area contributed by atoms with Crippen LogP contribution in [-0.4, -0.2) is 47.6 Å². The van der Waals surface area contributed by atoms with E-state index in [4.69, 9.17) is 5.73 Å². The van der Waals surface area contributed by atoms with E-state index in [-0.39, 0.29) is 30.9 Å². The summed E-state index contributed by atoms with van der Waals surface area (Å²) < 4.78 is 36.6. The van der Waals surface area contributed by atoms with E-state index in [1.807, 2.05) is 0 Å². The molecule has 0 radical (unpaired) electrons. The second kappa shape index (κ2) is 10.0. The standard InChI is InChI=1S/C20H23F3N4O2/c1-14(28)26-18-8-4-16(5-9-18)19(29)27(11-10-24)12-15-2-6-17(7-3-15)25-13-20(21,22)23/h2-9,13-14,26,28H,10-12,24H2,1H3. The summed E-state index contributed by atoms with van der Waals surface area (Å²) in [5.41, 5.74) is 7.67.